The van der Waals surface area contributed by atoms with Crippen LogP contribution in [0.5, 0.6) is 0 Å². The van der Waals surface area contributed by atoms with Crippen LogP contribution in [0.2, 0.25) is 0 Å². The Morgan fingerprint density at radius 1 is 1.25 bits per heavy atom. The van der Waals surface area contributed by atoms with Crippen molar-refractivity contribution in [2.24, 2.45) is 5.73 Å². The number of carbonyl (C=O) groups is 1. The summed E-state index contributed by atoms with van der Waals surface area (Å²) >= 11 is 0. The maximum atomic E-state index is 11.7. The van der Waals surface area contributed by atoms with E-state index in [4.69, 9.17) is 15.2 Å². The largest absolute Gasteiger partial charge is 0.374 e. The molecule has 0 aromatic heterocycles. The van der Waals surface area contributed by atoms with Crippen molar-refractivity contribution in [1.29, 1.82) is 0 Å². The van der Waals surface area contributed by atoms with E-state index in [1.165, 1.54) is 0 Å². The molecule has 0 aliphatic carbocycles. The maximum Gasteiger partial charge on any atom is 0.224 e. The van der Waals surface area contributed by atoms with E-state index in [0.29, 0.717) is 39.3 Å². The van der Waals surface area contributed by atoms with Crippen LogP contribution in [-0.4, -0.2) is 55.9 Å². The predicted molar refractivity (Wildman–Crippen MR) is 61.1 cm³/mol. The molecule has 5 nitrogen and oxygen atoms in total. The van der Waals surface area contributed by atoms with Crippen LogP contribution in [-0.2, 0) is 14.3 Å². The highest BCUT2D eigenvalue weighted by Crippen LogP contribution is 2.17. The number of nitrogens with two attached hydrogens (primary N) is 1. The molecule has 0 unspecified atom stereocenters. The van der Waals surface area contributed by atoms with Gasteiger partial charge < -0.3 is 20.1 Å². The van der Waals surface area contributed by atoms with Gasteiger partial charge in [0.25, 0.3) is 0 Å². The van der Waals surface area contributed by atoms with E-state index < -0.39 is 0 Å². The Hall–Kier alpha value is -0.650. The number of carbonyl (C=O) groups excluding carboxylic acids is 1. The molecule has 2 atom stereocenters. The average molecular weight is 230 g/mol. The second-order valence-electron chi connectivity index (χ2n) is 3.82. The van der Waals surface area contributed by atoms with Crippen molar-refractivity contribution in [1.82, 2.24) is 4.90 Å². The topological polar surface area (TPSA) is 64.8 Å². The van der Waals surface area contributed by atoms with Gasteiger partial charge in [-0.2, -0.15) is 0 Å². The summed E-state index contributed by atoms with van der Waals surface area (Å²) in [5, 5.41) is 0. The molecule has 1 aliphatic heterocycles. The number of amides is 1. The van der Waals surface area contributed by atoms with Crippen LogP contribution in [0.1, 0.15) is 20.3 Å². The van der Waals surface area contributed by atoms with E-state index in [1.807, 2.05) is 13.8 Å². The van der Waals surface area contributed by atoms with E-state index in [9.17, 15) is 4.79 Å². The van der Waals surface area contributed by atoms with Gasteiger partial charge in [-0.05, 0) is 13.8 Å². The fourth-order valence-corrected chi connectivity index (χ4v) is 1.98. The lowest BCUT2D eigenvalue weighted by molar-refractivity contribution is -0.130. The van der Waals surface area contributed by atoms with Crippen LogP contribution < -0.4 is 5.73 Å². The lowest BCUT2D eigenvalue weighted by atomic mass is 10.2. The summed E-state index contributed by atoms with van der Waals surface area (Å²) in [6, 6.07) is 0. The van der Waals surface area contributed by atoms with Crippen LogP contribution in [0.4, 0.5) is 0 Å². The van der Waals surface area contributed by atoms with Gasteiger partial charge in [0.15, 0.2) is 0 Å². The van der Waals surface area contributed by atoms with Gasteiger partial charge in [0.2, 0.25) is 5.91 Å². The van der Waals surface area contributed by atoms with Gasteiger partial charge in [-0.1, -0.05) is 0 Å². The summed E-state index contributed by atoms with van der Waals surface area (Å²) in [4.78, 5) is 13.5. The van der Waals surface area contributed by atoms with Crippen molar-refractivity contribution in [3.63, 3.8) is 0 Å². The third kappa shape index (κ3) is 3.43. The number of nitrogens with zero attached hydrogens (tertiary/aromatic N) is 1. The predicted octanol–water partition coefficient (Wildman–Crippen LogP) is -0.0124. The first-order chi connectivity index (χ1) is 7.72. The van der Waals surface area contributed by atoms with Crippen molar-refractivity contribution in [2.45, 2.75) is 32.5 Å². The van der Waals surface area contributed by atoms with Crippen LogP contribution in [0.25, 0.3) is 0 Å². The number of hydrogen-bond acceptors (Lipinski definition) is 4. The molecule has 1 aliphatic rings. The van der Waals surface area contributed by atoms with E-state index in [-0.39, 0.29) is 18.1 Å². The van der Waals surface area contributed by atoms with Crippen LogP contribution in [0.3, 0.4) is 0 Å². The van der Waals surface area contributed by atoms with Gasteiger partial charge in [0.05, 0.1) is 0 Å². The molecule has 0 radical (unpaired) electrons. The van der Waals surface area contributed by atoms with E-state index in [1.54, 1.807) is 4.90 Å². The lowest BCUT2D eigenvalue weighted by Crippen LogP contribution is -2.31. The molecule has 2 N–H and O–H groups in total. The van der Waals surface area contributed by atoms with Gasteiger partial charge >= 0.3 is 0 Å². The minimum Gasteiger partial charge on any atom is -0.374 e. The Bertz CT molecular complexity index is 209. The highest BCUT2D eigenvalue weighted by molar-refractivity contribution is 5.76. The first-order valence-corrected chi connectivity index (χ1v) is 5.93. The van der Waals surface area contributed by atoms with Crippen molar-refractivity contribution in [2.75, 3.05) is 32.8 Å². The molecule has 0 bridgehead atoms. The summed E-state index contributed by atoms with van der Waals surface area (Å²) in [6.45, 7) is 6.84. The molecule has 1 saturated heterocycles. The van der Waals surface area contributed by atoms with Gasteiger partial charge in [-0.3, -0.25) is 4.79 Å². The molecule has 0 saturated carbocycles. The Kier molecular flexibility index (Phi) is 5.73. The fourth-order valence-electron chi connectivity index (χ4n) is 1.98. The standard InChI is InChI=1S/C11H22N2O3/c1-3-15-9-7-13(11(14)5-6-12)8-10(9)16-4-2/h9-10H,3-8,12H2,1-2H3/t9-,10+. The third-order valence-electron chi connectivity index (χ3n) is 2.69. The SMILES string of the molecule is CCO[C@H]1CN(C(=O)CCN)C[C@H]1OCC. The van der Waals surface area contributed by atoms with Gasteiger partial charge in [0.1, 0.15) is 12.2 Å². The van der Waals surface area contributed by atoms with Crippen molar-refractivity contribution < 1.29 is 14.3 Å². The summed E-state index contributed by atoms with van der Waals surface area (Å²) in [7, 11) is 0. The molecule has 0 spiro atoms. The second-order valence-corrected chi connectivity index (χ2v) is 3.82. The second kappa shape index (κ2) is 6.83. The zero-order chi connectivity index (χ0) is 12.0. The number of ether oxygens (including phenoxy) is 2. The van der Waals surface area contributed by atoms with Crippen molar-refractivity contribution in [3.05, 3.63) is 0 Å². The van der Waals surface area contributed by atoms with Crippen LogP contribution in [0, 0.1) is 0 Å². The first kappa shape index (κ1) is 13.4. The fraction of sp³-hybridized carbons (Fsp3) is 0.909. The smallest absolute Gasteiger partial charge is 0.224 e. The average Bonchev–Trinajstić information content (AvgIpc) is 2.64. The molecule has 1 heterocycles. The van der Waals surface area contributed by atoms with Gasteiger partial charge in [0, 0.05) is 39.3 Å². The Morgan fingerprint density at radius 3 is 2.12 bits per heavy atom. The highest BCUT2D eigenvalue weighted by Gasteiger charge is 2.35. The molecule has 0 aromatic carbocycles. The minimum atomic E-state index is 0.00618. The van der Waals surface area contributed by atoms with E-state index in [2.05, 4.69) is 0 Å². The molecule has 94 valence electrons. The van der Waals surface area contributed by atoms with Crippen LogP contribution in [0.15, 0.2) is 0 Å². The Labute approximate surface area is 96.9 Å². The molecule has 1 fully saturated rings. The summed E-state index contributed by atoms with van der Waals surface area (Å²) in [5.41, 5.74) is 5.37. The maximum absolute atomic E-state index is 11.7. The number of rotatable bonds is 6. The normalized spacial score (nSPS) is 25.1. The van der Waals surface area contributed by atoms with Gasteiger partial charge in [-0.25, -0.2) is 0 Å². The molecule has 1 amide bonds. The molecule has 5 heteroatoms. The summed E-state index contributed by atoms with van der Waals surface area (Å²) in [6.07, 6.45) is 0.413. The molecular formula is C11H22N2O3. The quantitative estimate of drug-likeness (QED) is 0.697. The molecular weight excluding hydrogens is 208 g/mol. The number of hydrogen-bond donors (Lipinski definition) is 1. The summed E-state index contributed by atoms with van der Waals surface area (Å²) < 4.78 is 11.2. The third-order valence-corrected chi connectivity index (χ3v) is 2.69. The lowest BCUT2D eigenvalue weighted by Gasteiger charge is -2.17. The highest BCUT2D eigenvalue weighted by atomic mass is 16.5. The van der Waals surface area contributed by atoms with Crippen molar-refractivity contribution >= 4 is 5.91 Å². The number of likely N-dealkylation sites (tertiary alicyclic amines) is 1. The molecule has 16 heavy (non-hydrogen) atoms. The van der Waals surface area contributed by atoms with Crippen LogP contribution >= 0.6 is 0 Å². The monoisotopic (exact) mass is 230 g/mol. The molecule has 0 aromatic rings. The summed E-state index contributed by atoms with van der Waals surface area (Å²) in [5.74, 6) is 0.0920. The molecule has 1 rings (SSSR count). The van der Waals surface area contributed by atoms with Gasteiger partial charge in [-0.15, -0.1) is 0 Å². The van der Waals surface area contributed by atoms with Crippen molar-refractivity contribution in [3.8, 4) is 0 Å². The Morgan fingerprint density at radius 2 is 1.75 bits per heavy atom. The zero-order valence-corrected chi connectivity index (χ0v) is 10.1. The first-order valence-electron chi connectivity index (χ1n) is 5.93. The van der Waals surface area contributed by atoms with E-state index >= 15 is 0 Å². The zero-order valence-electron chi connectivity index (χ0n) is 10.1. The Balaban J connectivity index is 2.50. The minimum absolute atomic E-state index is 0.00618. The van der Waals surface area contributed by atoms with E-state index in [0.717, 1.165) is 0 Å².